The van der Waals surface area contributed by atoms with Gasteiger partial charge in [0.15, 0.2) is 0 Å². The van der Waals surface area contributed by atoms with E-state index in [1.54, 1.807) is 18.2 Å². The van der Waals surface area contributed by atoms with Crippen LogP contribution >= 0.6 is 15.9 Å². The molecule has 0 bridgehead atoms. The molecule has 0 heterocycles. The minimum absolute atomic E-state index is 0.103. The van der Waals surface area contributed by atoms with Crippen LogP contribution in [0.15, 0.2) is 106 Å². The Morgan fingerprint density at radius 2 is 1.54 bits per heavy atom. The molecule has 0 fully saturated rings. The summed E-state index contributed by atoms with van der Waals surface area (Å²) < 4.78 is 29.0. The van der Waals surface area contributed by atoms with Crippen molar-refractivity contribution in [3.05, 3.63) is 113 Å². The number of nitrogens with one attached hydrogen (secondary N) is 1. The lowest BCUT2D eigenvalue weighted by Gasteiger charge is -2.32. The van der Waals surface area contributed by atoms with Crippen molar-refractivity contribution in [3.8, 4) is 0 Å². The number of hydrogen-bond donors (Lipinski definition) is 1. The minimum Gasteiger partial charge on any atom is -0.354 e. The van der Waals surface area contributed by atoms with Crippen molar-refractivity contribution in [2.45, 2.75) is 37.2 Å². The molecule has 4 rings (SSSR count). The smallest absolute Gasteiger partial charge is 0.243 e. The van der Waals surface area contributed by atoms with Crippen LogP contribution < -0.4 is 5.32 Å². The number of rotatable bonds is 12. The summed E-state index contributed by atoms with van der Waals surface area (Å²) in [6, 6.07) is 28.6. The first-order valence-electron chi connectivity index (χ1n) is 13.5. The van der Waals surface area contributed by atoms with Gasteiger partial charge in [-0.2, -0.15) is 4.31 Å². The lowest BCUT2D eigenvalue weighted by molar-refractivity contribution is -0.141. The van der Waals surface area contributed by atoms with Gasteiger partial charge in [-0.3, -0.25) is 9.59 Å². The van der Waals surface area contributed by atoms with Crippen LogP contribution in [0.2, 0.25) is 0 Å². The van der Waals surface area contributed by atoms with E-state index in [1.165, 1.54) is 11.9 Å². The number of carbonyl (C=O) groups is 2. The molecule has 9 heteroatoms. The summed E-state index contributed by atoms with van der Waals surface area (Å²) in [5, 5.41) is 4.65. The zero-order chi connectivity index (χ0) is 29.4. The molecular weight excluding hydrogens is 602 g/mol. The third-order valence-corrected chi connectivity index (χ3v) is 9.14. The summed E-state index contributed by atoms with van der Waals surface area (Å²) in [5.41, 5.74) is 1.71. The van der Waals surface area contributed by atoms with E-state index in [4.69, 9.17) is 0 Å². The molecule has 4 aromatic carbocycles. The Balaban J connectivity index is 1.66. The maximum atomic E-state index is 14.0. The molecule has 4 aromatic rings. The molecular formula is C32H34BrN3O4S. The van der Waals surface area contributed by atoms with E-state index in [9.17, 15) is 18.0 Å². The molecule has 0 aliphatic rings. The van der Waals surface area contributed by atoms with Crippen LogP contribution in [-0.2, 0) is 32.6 Å². The fraction of sp³-hybridized carbons (Fsp3) is 0.250. The standard InChI is InChI=1S/C32H34BrN3O4S/c1-3-18-34-32(38)30(20-24-10-5-4-6-11-24)36(22-25-12-9-15-28(33)19-25)31(37)23-35(2)41(39,40)29-17-16-26-13-7-8-14-27(26)21-29/h4-17,19,21,30H,3,18,20,22-23H2,1-2H3,(H,34,38)/t30-/m1/s1. The molecule has 7 nitrogen and oxygen atoms in total. The summed E-state index contributed by atoms with van der Waals surface area (Å²) in [7, 11) is -2.59. The van der Waals surface area contributed by atoms with E-state index in [-0.39, 0.29) is 23.8 Å². The summed E-state index contributed by atoms with van der Waals surface area (Å²) in [5.74, 6) is -0.747. The minimum atomic E-state index is -3.98. The zero-order valence-corrected chi connectivity index (χ0v) is 25.6. The van der Waals surface area contributed by atoms with Crippen LogP contribution in [0.25, 0.3) is 10.8 Å². The van der Waals surface area contributed by atoms with E-state index in [0.29, 0.717) is 6.54 Å². The highest BCUT2D eigenvalue weighted by molar-refractivity contribution is 9.10. The summed E-state index contributed by atoms with van der Waals surface area (Å²) in [6.45, 7) is 2.15. The third-order valence-electron chi connectivity index (χ3n) is 6.85. The monoisotopic (exact) mass is 635 g/mol. The number of amides is 2. The van der Waals surface area contributed by atoms with Gasteiger partial charge in [0.2, 0.25) is 21.8 Å². The second-order valence-corrected chi connectivity index (χ2v) is 12.9. The predicted octanol–water partition coefficient (Wildman–Crippen LogP) is 5.39. The van der Waals surface area contributed by atoms with Gasteiger partial charge in [0.05, 0.1) is 11.4 Å². The lowest BCUT2D eigenvalue weighted by Crippen LogP contribution is -2.53. The molecule has 0 aliphatic heterocycles. The van der Waals surface area contributed by atoms with Crippen LogP contribution in [-0.4, -0.2) is 55.6 Å². The van der Waals surface area contributed by atoms with Crippen LogP contribution in [0.5, 0.6) is 0 Å². The zero-order valence-electron chi connectivity index (χ0n) is 23.2. The third kappa shape index (κ3) is 7.81. The number of carbonyl (C=O) groups excluding carboxylic acids is 2. The van der Waals surface area contributed by atoms with Crippen molar-refractivity contribution in [2.24, 2.45) is 0 Å². The highest BCUT2D eigenvalue weighted by Crippen LogP contribution is 2.23. The average molecular weight is 637 g/mol. The molecule has 0 unspecified atom stereocenters. The average Bonchev–Trinajstić information content (AvgIpc) is 2.97. The Hall–Kier alpha value is -3.53. The van der Waals surface area contributed by atoms with Crippen molar-refractivity contribution >= 4 is 48.5 Å². The van der Waals surface area contributed by atoms with E-state index < -0.39 is 28.5 Å². The Bertz CT molecular complexity index is 1610. The molecule has 1 atom stereocenters. The second kappa shape index (κ2) is 13.9. The fourth-order valence-corrected chi connectivity index (χ4v) is 6.23. The quantitative estimate of drug-likeness (QED) is 0.226. The SMILES string of the molecule is CCCNC(=O)[C@@H](Cc1ccccc1)N(Cc1cccc(Br)c1)C(=O)CN(C)S(=O)(=O)c1ccc2ccccc2c1. The van der Waals surface area contributed by atoms with E-state index in [1.807, 2.05) is 85.8 Å². The van der Waals surface area contributed by atoms with Crippen LogP contribution in [0, 0.1) is 0 Å². The molecule has 0 aliphatic carbocycles. The second-order valence-electron chi connectivity index (χ2n) is 9.92. The lowest BCUT2D eigenvalue weighted by atomic mass is 10.0. The highest BCUT2D eigenvalue weighted by Gasteiger charge is 2.33. The summed E-state index contributed by atoms with van der Waals surface area (Å²) in [6.07, 6.45) is 1.04. The van der Waals surface area contributed by atoms with Gasteiger partial charge in [0, 0.05) is 31.0 Å². The molecule has 214 valence electrons. The molecule has 41 heavy (non-hydrogen) atoms. The Morgan fingerprint density at radius 1 is 0.854 bits per heavy atom. The van der Waals surface area contributed by atoms with Crippen LogP contribution in [0.3, 0.4) is 0 Å². The van der Waals surface area contributed by atoms with E-state index in [2.05, 4.69) is 21.2 Å². The predicted molar refractivity (Wildman–Crippen MR) is 166 cm³/mol. The number of sulfonamides is 1. The molecule has 0 saturated heterocycles. The number of fused-ring (bicyclic) bond motifs is 1. The van der Waals surface area contributed by atoms with Crippen molar-refractivity contribution in [1.29, 1.82) is 0 Å². The topological polar surface area (TPSA) is 86.8 Å². The highest BCUT2D eigenvalue weighted by atomic mass is 79.9. The van der Waals surface area contributed by atoms with Gasteiger partial charge in [-0.1, -0.05) is 95.7 Å². The van der Waals surface area contributed by atoms with E-state index in [0.717, 1.165) is 37.1 Å². The number of nitrogens with zero attached hydrogens (tertiary/aromatic N) is 2. The first kappa shape index (κ1) is 30.4. The van der Waals surface area contributed by atoms with Crippen LogP contribution in [0.4, 0.5) is 0 Å². The number of hydrogen-bond acceptors (Lipinski definition) is 4. The Labute approximate surface area is 250 Å². The van der Waals surface area contributed by atoms with Crippen molar-refractivity contribution in [3.63, 3.8) is 0 Å². The Morgan fingerprint density at radius 3 is 2.24 bits per heavy atom. The normalized spacial score (nSPS) is 12.3. The van der Waals surface area contributed by atoms with Gasteiger partial charge >= 0.3 is 0 Å². The number of likely N-dealkylation sites (N-methyl/N-ethyl adjacent to an activating group) is 1. The molecule has 2 amide bonds. The molecule has 1 N–H and O–H groups in total. The number of benzene rings is 4. The first-order chi connectivity index (χ1) is 19.7. The summed E-state index contributed by atoms with van der Waals surface area (Å²) in [4.78, 5) is 29.1. The largest absolute Gasteiger partial charge is 0.354 e. The summed E-state index contributed by atoms with van der Waals surface area (Å²) >= 11 is 3.48. The van der Waals surface area contributed by atoms with Gasteiger partial charge < -0.3 is 10.2 Å². The molecule has 0 spiro atoms. The van der Waals surface area contributed by atoms with Crippen LogP contribution in [0.1, 0.15) is 24.5 Å². The first-order valence-corrected chi connectivity index (χ1v) is 15.7. The van der Waals surface area contributed by atoms with Crippen molar-refractivity contribution in [1.82, 2.24) is 14.5 Å². The van der Waals surface area contributed by atoms with Gasteiger partial charge in [0.25, 0.3) is 0 Å². The molecule has 0 saturated carbocycles. The van der Waals surface area contributed by atoms with Gasteiger partial charge in [-0.25, -0.2) is 8.42 Å². The number of halogens is 1. The van der Waals surface area contributed by atoms with Gasteiger partial charge in [-0.05, 0) is 52.6 Å². The molecule has 0 radical (unpaired) electrons. The maximum Gasteiger partial charge on any atom is 0.243 e. The van der Waals surface area contributed by atoms with Gasteiger partial charge in [0.1, 0.15) is 6.04 Å². The maximum absolute atomic E-state index is 14.0. The fourth-order valence-electron chi connectivity index (χ4n) is 4.63. The van der Waals surface area contributed by atoms with Crippen molar-refractivity contribution in [2.75, 3.05) is 20.1 Å². The Kier molecular flexibility index (Phi) is 10.3. The van der Waals surface area contributed by atoms with Gasteiger partial charge in [-0.15, -0.1) is 0 Å². The van der Waals surface area contributed by atoms with E-state index >= 15 is 0 Å². The molecule has 0 aromatic heterocycles. The van der Waals surface area contributed by atoms with Crippen molar-refractivity contribution < 1.29 is 18.0 Å².